The molecule has 8 heteroatoms. The number of hydrogen-bond acceptors (Lipinski definition) is 5. The topological polar surface area (TPSA) is 73.0 Å². The fraction of sp³-hybridized carbons (Fsp3) is 0.150. The van der Waals surface area contributed by atoms with Crippen LogP contribution in [0.2, 0.25) is 0 Å². The average Bonchev–Trinajstić information content (AvgIpc) is 3.42. The van der Waals surface area contributed by atoms with Gasteiger partial charge in [0, 0.05) is 5.38 Å². The molecule has 1 amide bonds. The van der Waals surface area contributed by atoms with E-state index in [0.29, 0.717) is 27.8 Å². The molecular weight excluding hydrogens is 379 g/mol. The monoisotopic (exact) mass is 396 g/mol. The Kier molecular flexibility index (Phi) is 4.79. The number of benzene rings is 1. The van der Waals surface area contributed by atoms with E-state index in [1.807, 2.05) is 25.3 Å². The highest BCUT2D eigenvalue weighted by atomic mass is 32.1. The fourth-order valence-electron chi connectivity index (χ4n) is 2.91. The van der Waals surface area contributed by atoms with E-state index in [9.17, 15) is 9.18 Å². The minimum Gasteiger partial charge on any atom is -0.463 e. The molecule has 0 bridgehead atoms. The molecule has 4 aromatic rings. The highest BCUT2D eigenvalue weighted by Gasteiger charge is 2.22. The van der Waals surface area contributed by atoms with Gasteiger partial charge in [0.2, 0.25) is 0 Å². The number of carbonyl (C=O) groups is 1. The maximum atomic E-state index is 13.2. The average molecular weight is 396 g/mol. The van der Waals surface area contributed by atoms with E-state index in [0.717, 1.165) is 5.69 Å². The third-order valence-electron chi connectivity index (χ3n) is 4.17. The van der Waals surface area contributed by atoms with Gasteiger partial charge in [-0.25, -0.2) is 14.1 Å². The number of thiazole rings is 1. The maximum absolute atomic E-state index is 13.2. The Morgan fingerprint density at radius 3 is 2.71 bits per heavy atom. The molecule has 6 nitrogen and oxygen atoms in total. The number of carbonyl (C=O) groups excluding carboxylic acids is 1. The molecule has 1 aromatic carbocycles. The summed E-state index contributed by atoms with van der Waals surface area (Å²) in [6.07, 6.45) is 3.10. The molecule has 1 N–H and O–H groups in total. The quantitative estimate of drug-likeness (QED) is 0.509. The summed E-state index contributed by atoms with van der Waals surface area (Å²) < 4.78 is 20.2. The summed E-state index contributed by atoms with van der Waals surface area (Å²) in [6.45, 7) is 3.96. The van der Waals surface area contributed by atoms with Crippen LogP contribution < -0.4 is 5.32 Å². The molecule has 28 heavy (non-hydrogen) atoms. The van der Waals surface area contributed by atoms with E-state index in [4.69, 9.17) is 4.42 Å². The minimum absolute atomic E-state index is 0.0308. The number of rotatable bonds is 5. The Morgan fingerprint density at radius 2 is 2.04 bits per heavy atom. The smallest absolute Gasteiger partial charge is 0.260 e. The van der Waals surface area contributed by atoms with Crippen molar-refractivity contribution in [2.24, 2.45) is 0 Å². The van der Waals surface area contributed by atoms with Gasteiger partial charge in [-0.2, -0.15) is 5.10 Å². The highest BCUT2D eigenvalue weighted by molar-refractivity contribution is 7.14. The second-order valence-corrected chi connectivity index (χ2v) is 7.31. The molecule has 0 aliphatic carbocycles. The van der Waals surface area contributed by atoms with Crippen LogP contribution >= 0.6 is 11.3 Å². The van der Waals surface area contributed by atoms with E-state index in [2.05, 4.69) is 15.4 Å². The van der Waals surface area contributed by atoms with Crippen molar-refractivity contribution in [2.75, 3.05) is 5.32 Å². The summed E-state index contributed by atoms with van der Waals surface area (Å²) in [5, 5.41) is 9.46. The molecule has 3 heterocycles. The van der Waals surface area contributed by atoms with Crippen molar-refractivity contribution < 1.29 is 13.6 Å². The molecule has 0 unspecified atom stereocenters. The summed E-state index contributed by atoms with van der Waals surface area (Å²) >= 11 is 1.32. The second-order valence-electron chi connectivity index (χ2n) is 6.46. The number of hydrogen-bond donors (Lipinski definition) is 1. The minimum atomic E-state index is -0.323. The highest BCUT2D eigenvalue weighted by Crippen LogP contribution is 2.27. The number of halogens is 1. The van der Waals surface area contributed by atoms with Crippen molar-refractivity contribution in [1.82, 2.24) is 14.8 Å². The van der Waals surface area contributed by atoms with Crippen LogP contribution in [-0.2, 0) is 0 Å². The normalized spacial score (nSPS) is 11.1. The van der Waals surface area contributed by atoms with Crippen molar-refractivity contribution in [1.29, 1.82) is 0 Å². The summed E-state index contributed by atoms with van der Waals surface area (Å²) in [6, 6.07) is 9.59. The van der Waals surface area contributed by atoms with Crippen molar-refractivity contribution >= 4 is 22.4 Å². The molecule has 0 fully saturated rings. The number of amides is 1. The molecule has 0 saturated carbocycles. The zero-order valence-corrected chi connectivity index (χ0v) is 16.0. The molecule has 142 valence electrons. The van der Waals surface area contributed by atoms with Crippen molar-refractivity contribution in [3.63, 3.8) is 0 Å². The number of anilines is 1. The van der Waals surface area contributed by atoms with Crippen LogP contribution in [0.1, 0.15) is 35.8 Å². The lowest BCUT2D eigenvalue weighted by Gasteiger charge is -2.12. The first-order valence-corrected chi connectivity index (χ1v) is 9.55. The lowest BCUT2D eigenvalue weighted by atomic mass is 10.1. The van der Waals surface area contributed by atoms with Gasteiger partial charge in [0.15, 0.2) is 10.9 Å². The molecule has 3 aromatic heterocycles. The lowest BCUT2D eigenvalue weighted by molar-refractivity contribution is 0.102. The van der Waals surface area contributed by atoms with Gasteiger partial charge in [0.05, 0.1) is 29.4 Å². The molecule has 0 spiro atoms. The maximum Gasteiger partial charge on any atom is 0.260 e. The van der Waals surface area contributed by atoms with Crippen molar-refractivity contribution in [3.8, 4) is 17.1 Å². The third kappa shape index (κ3) is 3.46. The molecule has 0 atom stereocenters. The predicted octanol–water partition coefficient (Wildman–Crippen LogP) is 5.10. The van der Waals surface area contributed by atoms with Gasteiger partial charge in [0.1, 0.15) is 11.5 Å². The molecular formula is C20H17FN4O2S. The van der Waals surface area contributed by atoms with Gasteiger partial charge in [-0.1, -0.05) is 13.8 Å². The van der Waals surface area contributed by atoms with Gasteiger partial charge < -0.3 is 4.42 Å². The van der Waals surface area contributed by atoms with E-state index in [1.54, 1.807) is 29.1 Å². The van der Waals surface area contributed by atoms with Gasteiger partial charge in [0.25, 0.3) is 5.91 Å². The summed E-state index contributed by atoms with van der Waals surface area (Å²) in [5.74, 6) is 0.0560. The zero-order valence-electron chi connectivity index (χ0n) is 15.2. The van der Waals surface area contributed by atoms with Crippen molar-refractivity contribution in [2.45, 2.75) is 19.8 Å². The molecule has 0 aliphatic heterocycles. The molecule has 0 aliphatic rings. The van der Waals surface area contributed by atoms with Crippen molar-refractivity contribution in [3.05, 3.63) is 71.3 Å². The third-order valence-corrected chi connectivity index (χ3v) is 4.93. The largest absolute Gasteiger partial charge is 0.463 e. The first-order valence-electron chi connectivity index (χ1n) is 8.67. The SMILES string of the molecule is CC(C)c1c(C(=O)Nc2nc(-c3ccco3)cs2)cnn1-c1ccc(F)cc1. The Morgan fingerprint density at radius 1 is 1.25 bits per heavy atom. The number of nitrogens with zero attached hydrogens (tertiary/aromatic N) is 3. The van der Waals surface area contributed by atoms with Crippen LogP contribution in [0.4, 0.5) is 9.52 Å². The zero-order chi connectivity index (χ0) is 19.7. The lowest BCUT2D eigenvalue weighted by Crippen LogP contribution is -2.15. The first kappa shape index (κ1) is 18.1. The van der Waals surface area contributed by atoms with Crippen LogP contribution in [-0.4, -0.2) is 20.7 Å². The standard InChI is InChI=1S/C20H17FN4O2S/c1-12(2)18-15(10-22-25(18)14-7-5-13(21)6-8-14)19(26)24-20-23-16(11-28-20)17-4-3-9-27-17/h3-12H,1-2H3,(H,23,24,26). The van der Waals surface area contributed by atoms with Gasteiger partial charge >= 0.3 is 0 Å². The number of nitrogens with one attached hydrogen (secondary N) is 1. The second kappa shape index (κ2) is 7.40. The van der Waals surface area contributed by atoms with Crippen LogP contribution in [0.25, 0.3) is 17.1 Å². The Bertz CT molecular complexity index is 1100. The molecule has 4 rings (SSSR count). The van der Waals surface area contributed by atoms with E-state index < -0.39 is 0 Å². The Hall–Kier alpha value is -3.26. The van der Waals surface area contributed by atoms with E-state index in [1.165, 1.54) is 29.7 Å². The first-order chi connectivity index (χ1) is 13.5. The van der Waals surface area contributed by atoms with Crippen LogP contribution in [0.5, 0.6) is 0 Å². The van der Waals surface area contributed by atoms with Crippen LogP contribution in [0.3, 0.4) is 0 Å². The Balaban J connectivity index is 1.62. The molecule has 0 saturated heterocycles. The summed E-state index contributed by atoms with van der Waals surface area (Å²) in [4.78, 5) is 17.2. The van der Waals surface area contributed by atoms with Gasteiger partial charge in [-0.05, 0) is 42.3 Å². The fourth-order valence-corrected chi connectivity index (χ4v) is 3.60. The van der Waals surface area contributed by atoms with Gasteiger partial charge in [-0.15, -0.1) is 11.3 Å². The van der Waals surface area contributed by atoms with Crippen LogP contribution in [0.15, 0.2) is 58.7 Å². The Labute approximate surface area is 164 Å². The van der Waals surface area contributed by atoms with Crippen LogP contribution in [0, 0.1) is 5.82 Å². The number of furan rings is 1. The summed E-state index contributed by atoms with van der Waals surface area (Å²) in [7, 11) is 0. The molecule has 0 radical (unpaired) electrons. The predicted molar refractivity (Wildman–Crippen MR) is 105 cm³/mol. The van der Waals surface area contributed by atoms with E-state index in [-0.39, 0.29) is 17.6 Å². The van der Waals surface area contributed by atoms with E-state index >= 15 is 0 Å². The summed E-state index contributed by atoms with van der Waals surface area (Å²) in [5.41, 5.74) is 2.55. The van der Waals surface area contributed by atoms with Gasteiger partial charge in [-0.3, -0.25) is 10.1 Å². The number of aromatic nitrogens is 3.